The van der Waals surface area contributed by atoms with Gasteiger partial charge in [-0.1, -0.05) is 42.5 Å². The van der Waals surface area contributed by atoms with Gasteiger partial charge in [0.15, 0.2) is 0 Å². The molecule has 2 N–H and O–H groups in total. The highest BCUT2D eigenvalue weighted by Crippen LogP contribution is 2.26. The predicted octanol–water partition coefficient (Wildman–Crippen LogP) is 3.41. The summed E-state index contributed by atoms with van der Waals surface area (Å²) >= 11 is 0. The number of phenols is 1. The molecule has 1 fully saturated rings. The third-order valence-corrected chi connectivity index (χ3v) is 5.16. The van der Waals surface area contributed by atoms with Crippen molar-refractivity contribution >= 4 is 6.03 Å². The second kappa shape index (κ2) is 9.42. The number of nitrogens with one attached hydrogen (secondary N) is 1. The Morgan fingerprint density at radius 3 is 2.81 bits per heavy atom. The number of phenolic OH excluding ortho intramolecular Hbond substituents is 1. The lowest BCUT2D eigenvalue weighted by atomic mass is 9.91. The molecule has 0 radical (unpaired) electrons. The first-order chi connectivity index (χ1) is 13.1. The van der Waals surface area contributed by atoms with E-state index in [9.17, 15) is 9.90 Å². The summed E-state index contributed by atoms with van der Waals surface area (Å²) in [5.74, 6) is 0.809. The predicted molar refractivity (Wildman–Crippen MR) is 108 cm³/mol. The fraction of sp³-hybridized carbons (Fsp3) is 0.409. The van der Waals surface area contributed by atoms with Crippen LogP contribution in [-0.2, 0) is 6.54 Å². The highest BCUT2D eigenvalue weighted by atomic mass is 16.3. The number of hydrogen-bond donors (Lipinski definition) is 2. The van der Waals surface area contributed by atoms with E-state index in [0.717, 1.165) is 25.2 Å². The van der Waals surface area contributed by atoms with Gasteiger partial charge in [0.25, 0.3) is 0 Å². The van der Waals surface area contributed by atoms with Crippen LogP contribution in [0, 0.1) is 0 Å². The van der Waals surface area contributed by atoms with E-state index in [1.807, 2.05) is 6.07 Å². The molecule has 2 aromatic rings. The van der Waals surface area contributed by atoms with Crippen LogP contribution < -0.4 is 5.32 Å². The number of aromatic hydroxyl groups is 1. The number of urea groups is 1. The van der Waals surface area contributed by atoms with Gasteiger partial charge in [-0.25, -0.2) is 4.79 Å². The zero-order valence-corrected chi connectivity index (χ0v) is 16.0. The maximum atomic E-state index is 12.3. The van der Waals surface area contributed by atoms with Gasteiger partial charge in [0.2, 0.25) is 0 Å². The first-order valence-corrected chi connectivity index (χ1v) is 9.66. The van der Waals surface area contributed by atoms with E-state index in [4.69, 9.17) is 0 Å². The number of amides is 2. The smallest absolute Gasteiger partial charge is 0.317 e. The van der Waals surface area contributed by atoms with Crippen molar-refractivity contribution in [1.82, 2.24) is 15.1 Å². The van der Waals surface area contributed by atoms with E-state index >= 15 is 0 Å². The summed E-state index contributed by atoms with van der Waals surface area (Å²) in [6, 6.07) is 17.6. The molecule has 2 amide bonds. The summed E-state index contributed by atoms with van der Waals surface area (Å²) < 4.78 is 0. The van der Waals surface area contributed by atoms with Gasteiger partial charge < -0.3 is 20.2 Å². The van der Waals surface area contributed by atoms with Gasteiger partial charge >= 0.3 is 6.03 Å². The summed E-state index contributed by atoms with van der Waals surface area (Å²) in [5, 5.41) is 12.5. The molecule has 0 spiro atoms. The minimum Gasteiger partial charge on any atom is -0.508 e. The molecule has 5 heteroatoms. The lowest BCUT2D eigenvalue weighted by molar-refractivity contribution is 0.192. The van der Waals surface area contributed by atoms with Crippen LogP contribution >= 0.6 is 0 Å². The number of nitrogens with zero attached hydrogens (tertiary/aromatic N) is 2. The molecule has 1 aliphatic rings. The van der Waals surface area contributed by atoms with Gasteiger partial charge in [-0.2, -0.15) is 0 Å². The Hall–Kier alpha value is -2.53. The molecule has 2 aromatic carbocycles. The van der Waals surface area contributed by atoms with Crippen molar-refractivity contribution in [2.75, 3.05) is 33.2 Å². The molecule has 5 nitrogen and oxygen atoms in total. The second-order valence-corrected chi connectivity index (χ2v) is 7.31. The first kappa shape index (κ1) is 19.2. The molecule has 144 valence electrons. The van der Waals surface area contributed by atoms with Gasteiger partial charge in [-0.05, 0) is 48.6 Å². The Bertz CT molecular complexity index is 735. The minimum atomic E-state index is -0.0880. The van der Waals surface area contributed by atoms with Crippen molar-refractivity contribution in [3.63, 3.8) is 0 Å². The molecular formula is C22H29N3O2. The summed E-state index contributed by atoms with van der Waals surface area (Å²) in [5.41, 5.74) is 2.33. The van der Waals surface area contributed by atoms with Gasteiger partial charge in [-0.15, -0.1) is 0 Å². The number of carbonyl (C=O) groups excluding carboxylic acids is 1. The molecule has 0 aromatic heterocycles. The van der Waals surface area contributed by atoms with Crippen molar-refractivity contribution in [2.45, 2.75) is 25.3 Å². The van der Waals surface area contributed by atoms with Crippen molar-refractivity contribution in [1.29, 1.82) is 0 Å². The SMILES string of the molecule is CN(Cc1cccc(O)c1)C(=O)NCCN1CCC[C@@H](c2ccccc2)C1. The molecule has 0 unspecified atom stereocenters. The van der Waals surface area contributed by atoms with E-state index in [2.05, 4.69) is 40.5 Å². The van der Waals surface area contributed by atoms with Crippen LogP contribution in [0.15, 0.2) is 54.6 Å². The van der Waals surface area contributed by atoms with Crippen LogP contribution in [0.4, 0.5) is 4.79 Å². The fourth-order valence-electron chi connectivity index (χ4n) is 3.71. The fourth-order valence-corrected chi connectivity index (χ4v) is 3.71. The van der Waals surface area contributed by atoms with Crippen molar-refractivity contribution < 1.29 is 9.90 Å². The molecular weight excluding hydrogens is 338 g/mol. The van der Waals surface area contributed by atoms with Crippen LogP contribution in [-0.4, -0.2) is 54.2 Å². The quantitative estimate of drug-likeness (QED) is 0.823. The van der Waals surface area contributed by atoms with E-state index in [-0.39, 0.29) is 11.8 Å². The van der Waals surface area contributed by atoms with Gasteiger partial charge in [0.1, 0.15) is 5.75 Å². The average molecular weight is 367 g/mol. The number of hydrogen-bond acceptors (Lipinski definition) is 3. The monoisotopic (exact) mass is 367 g/mol. The zero-order valence-electron chi connectivity index (χ0n) is 16.0. The normalized spacial score (nSPS) is 17.4. The lowest BCUT2D eigenvalue weighted by Crippen LogP contribution is -2.43. The largest absolute Gasteiger partial charge is 0.508 e. The zero-order chi connectivity index (χ0) is 19.1. The number of likely N-dealkylation sites (tertiary alicyclic amines) is 1. The average Bonchev–Trinajstić information content (AvgIpc) is 2.69. The van der Waals surface area contributed by atoms with E-state index in [0.29, 0.717) is 19.0 Å². The third kappa shape index (κ3) is 5.73. The van der Waals surface area contributed by atoms with Crippen LogP contribution in [0.5, 0.6) is 5.75 Å². The summed E-state index contributed by atoms with van der Waals surface area (Å²) in [6.07, 6.45) is 2.43. The Labute approximate surface area is 161 Å². The molecule has 3 rings (SSSR count). The Balaban J connectivity index is 1.41. The molecule has 0 bridgehead atoms. The van der Waals surface area contributed by atoms with Gasteiger partial charge in [0.05, 0.1) is 0 Å². The molecule has 27 heavy (non-hydrogen) atoms. The molecule has 0 aliphatic carbocycles. The van der Waals surface area contributed by atoms with Gasteiger partial charge in [-0.3, -0.25) is 0 Å². The molecule has 1 heterocycles. The maximum Gasteiger partial charge on any atom is 0.317 e. The molecule has 0 saturated carbocycles. The van der Waals surface area contributed by atoms with Crippen molar-refractivity contribution in [2.24, 2.45) is 0 Å². The van der Waals surface area contributed by atoms with Crippen LogP contribution in [0.2, 0.25) is 0 Å². The number of piperidine rings is 1. The first-order valence-electron chi connectivity index (χ1n) is 9.66. The second-order valence-electron chi connectivity index (χ2n) is 7.31. The number of rotatable bonds is 6. The number of carbonyl (C=O) groups is 1. The Morgan fingerprint density at radius 2 is 2.04 bits per heavy atom. The summed E-state index contributed by atoms with van der Waals surface area (Å²) in [4.78, 5) is 16.4. The standard InChI is InChI=1S/C22H29N3O2/c1-24(16-18-7-5-11-21(26)15-18)22(27)23-12-14-25-13-6-10-20(17-25)19-8-3-2-4-9-19/h2-5,7-9,11,15,20,26H,6,10,12-14,16-17H2,1H3,(H,23,27)/t20-/m1/s1. The Kier molecular flexibility index (Phi) is 6.71. The van der Waals surface area contributed by atoms with Gasteiger partial charge in [0, 0.05) is 33.2 Å². The van der Waals surface area contributed by atoms with Crippen LogP contribution in [0.25, 0.3) is 0 Å². The third-order valence-electron chi connectivity index (χ3n) is 5.16. The summed E-state index contributed by atoms with van der Waals surface area (Å²) in [6.45, 7) is 4.14. The molecule has 1 saturated heterocycles. The van der Waals surface area contributed by atoms with Crippen LogP contribution in [0.3, 0.4) is 0 Å². The number of benzene rings is 2. The highest BCUT2D eigenvalue weighted by molar-refractivity contribution is 5.73. The van der Waals surface area contributed by atoms with Crippen molar-refractivity contribution in [3.8, 4) is 5.75 Å². The highest BCUT2D eigenvalue weighted by Gasteiger charge is 2.21. The lowest BCUT2D eigenvalue weighted by Gasteiger charge is -2.33. The maximum absolute atomic E-state index is 12.3. The van der Waals surface area contributed by atoms with Crippen molar-refractivity contribution in [3.05, 3.63) is 65.7 Å². The van der Waals surface area contributed by atoms with E-state index in [1.165, 1.54) is 18.4 Å². The molecule has 1 aliphatic heterocycles. The Morgan fingerprint density at radius 1 is 1.22 bits per heavy atom. The molecule has 1 atom stereocenters. The van der Waals surface area contributed by atoms with Crippen LogP contribution in [0.1, 0.15) is 29.9 Å². The summed E-state index contributed by atoms with van der Waals surface area (Å²) in [7, 11) is 1.77. The van der Waals surface area contributed by atoms with E-state index < -0.39 is 0 Å². The van der Waals surface area contributed by atoms with E-state index in [1.54, 1.807) is 30.1 Å². The minimum absolute atomic E-state index is 0.0880. The topological polar surface area (TPSA) is 55.8 Å².